The molecular weight excluding hydrogens is 444 g/mol. The topological polar surface area (TPSA) is 84.9 Å². The van der Waals surface area contributed by atoms with Crippen LogP contribution in [0.1, 0.15) is 30.0 Å². The molecule has 178 valence electrons. The Labute approximate surface area is 204 Å². The summed E-state index contributed by atoms with van der Waals surface area (Å²) in [7, 11) is 0. The molecule has 1 heterocycles. The lowest BCUT2D eigenvalue weighted by Crippen LogP contribution is -2.54. The minimum atomic E-state index is -0.792. The van der Waals surface area contributed by atoms with Gasteiger partial charge in [0.2, 0.25) is 0 Å². The summed E-state index contributed by atoms with van der Waals surface area (Å²) in [5.41, 5.74) is 3.06. The van der Waals surface area contributed by atoms with E-state index in [0.717, 1.165) is 22.4 Å². The second-order valence-corrected chi connectivity index (χ2v) is 8.15. The van der Waals surface area contributed by atoms with Gasteiger partial charge in [-0.3, -0.25) is 14.9 Å². The molecule has 0 saturated carbocycles. The van der Waals surface area contributed by atoms with Crippen LogP contribution >= 0.6 is 0 Å². The fourth-order valence-corrected chi connectivity index (χ4v) is 3.60. The third kappa shape index (κ3) is 5.76. The zero-order valence-electron chi connectivity index (χ0n) is 19.6. The van der Waals surface area contributed by atoms with Gasteiger partial charge in [0, 0.05) is 0 Å². The number of benzene rings is 3. The van der Waals surface area contributed by atoms with Crippen molar-refractivity contribution in [3.05, 3.63) is 95.1 Å². The lowest BCUT2D eigenvalue weighted by atomic mass is 10.1. The zero-order valence-corrected chi connectivity index (χ0v) is 19.6. The quantitative estimate of drug-likeness (QED) is 0.369. The van der Waals surface area contributed by atoms with Gasteiger partial charge in [0.15, 0.2) is 0 Å². The van der Waals surface area contributed by atoms with Crippen LogP contribution in [0, 0.1) is 6.92 Å². The van der Waals surface area contributed by atoms with Gasteiger partial charge >= 0.3 is 6.03 Å². The standard InChI is InChI=1S/C28H26N2O5/c1-3-15-34-23-13-9-22(10-14-23)30-27(32)25(26(31)29-28(30)33)17-20-7-11-24(12-8-20)35-18-21-6-4-5-19(2)16-21/h4-14,16-17H,3,15,18H2,1-2H3,(H,29,31,33)/b25-17-. The number of nitrogens with one attached hydrogen (secondary N) is 1. The number of imide groups is 2. The van der Waals surface area contributed by atoms with Gasteiger partial charge in [-0.15, -0.1) is 0 Å². The van der Waals surface area contributed by atoms with Gasteiger partial charge in [0.05, 0.1) is 12.3 Å². The molecule has 0 unspecified atom stereocenters. The first-order valence-corrected chi connectivity index (χ1v) is 11.4. The lowest BCUT2D eigenvalue weighted by Gasteiger charge is -2.26. The number of carbonyl (C=O) groups is 3. The van der Waals surface area contributed by atoms with E-state index in [0.29, 0.717) is 36.0 Å². The number of barbiturate groups is 1. The largest absolute Gasteiger partial charge is 0.494 e. The number of rotatable bonds is 8. The van der Waals surface area contributed by atoms with Crippen molar-refractivity contribution in [2.75, 3.05) is 11.5 Å². The Morgan fingerprint density at radius 1 is 0.886 bits per heavy atom. The van der Waals surface area contributed by atoms with Crippen molar-refractivity contribution in [1.82, 2.24) is 5.32 Å². The third-order valence-electron chi connectivity index (χ3n) is 5.35. The molecule has 0 bridgehead atoms. The summed E-state index contributed by atoms with van der Waals surface area (Å²) in [6, 6.07) is 20.9. The predicted molar refractivity (Wildman–Crippen MR) is 133 cm³/mol. The Morgan fingerprint density at radius 3 is 2.26 bits per heavy atom. The predicted octanol–water partition coefficient (Wildman–Crippen LogP) is 5.03. The van der Waals surface area contributed by atoms with Gasteiger partial charge in [-0.1, -0.05) is 48.9 Å². The molecule has 1 fully saturated rings. The third-order valence-corrected chi connectivity index (χ3v) is 5.35. The molecule has 1 N–H and O–H groups in total. The first kappa shape index (κ1) is 23.8. The molecule has 4 rings (SSSR count). The van der Waals surface area contributed by atoms with Gasteiger partial charge in [-0.25, -0.2) is 9.69 Å². The van der Waals surface area contributed by atoms with E-state index in [9.17, 15) is 14.4 Å². The van der Waals surface area contributed by atoms with Crippen LogP contribution in [0.25, 0.3) is 6.08 Å². The van der Waals surface area contributed by atoms with Crippen LogP contribution in [0.5, 0.6) is 11.5 Å². The van der Waals surface area contributed by atoms with Crippen molar-refractivity contribution in [3.63, 3.8) is 0 Å². The number of hydrogen-bond donors (Lipinski definition) is 1. The Balaban J connectivity index is 1.48. The van der Waals surface area contributed by atoms with Crippen LogP contribution in [0.4, 0.5) is 10.5 Å². The number of nitrogens with zero attached hydrogens (tertiary/aromatic N) is 1. The van der Waals surface area contributed by atoms with Crippen molar-refractivity contribution in [2.24, 2.45) is 0 Å². The van der Waals surface area contributed by atoms with E-state index >= 15 is 0 Å². The number of aryl methyl sites for hydroxylation is 1. The van der Waals surface area contributed by atoms with Crippen LogP contribution in [0.2, 0.25) is 0 Å². The molecule has 1 aliphatic rings. The Kier molecular flexibility index (Phi) is 7.26. The molecule has 3 aromatic carbocycles. The van der Waals surface area contributed by atoms with Crippen molar-refractivity contribution >= 4 is 29.6 Å². The van der Waals surface area contributed by atoms with Crippen molar-refractivity contribution in [1.29, 1.82) is 0 Å². The van der Waals surface area contributed by atoms with E-state index in [1.54, 1.807) is 48.5 Å². The monoisotopic (exact) mass is 470 g/mol. The maximum atomic E-state index is 13.1. The van der Waals surface area contributed by atoms with Gasteiger partial charge < -0.3 is 9.47 Å². The smallest absolute Gasteiger partial charge is 0.335 e. The fourth-order valence-electron chi connectivity index (χ4n) is 3.60. The first-order chi connectivity index (χ1) is 16.9. The summed E-state index contributed by atoms with van der Waals surface area (Å²) in [6.07, 6.45) is 2.32. The van der Waals surface area contributed by atoms with E-state index in [-0.39, 0.29) is 5.57 Å². The van der Waals surface area contributed by atoms with Crippen molar-refractivity contribution in [2.45, 2.75) is 26.9 Å². The molecule has 0 atom stereocenters. The molecule has 7 heteroatoms. The van der Waals surface area contributed by atoms with Crippen LogP contribution in [-0.4, -0.2) is 24.5 Å². The summed E-state index contributed by atoms with van der Waals surface area (Å²) in [4.78, 5) is 38.9. The molecule has 35 heavy (non-hydrogen) atoms. The van der Waals surface area contributed by atoms with Gasteiger partial charge in [0.25, 0.3) is 11.8 Å². The molecular formula is C28H26N2O5. The van der Waals surface area contributed by atoms with E-state index in [2.05, 4.69) is 11.4 Å². The van der Waals surface area contributed by atoms with Gasteiger partial charge in [0.1, 0.15) is 23.7 Å². The zero-order chi connectivity index (χ0) is 24.8. The Bertz CT molecular complexity index is 1260. The van der Waals surface area contributed by atoms with Crippen LogP contribution in [-0.2, 0) is 16.2 Å². The number of carbonyl (C=O) groups excluding carboxylic acids is 3. The number of urea groups is 1. The average molecular weight is 471 g/mol. The fraction of sp³-hybridized carbons (Fsp3) is 0.179. The van der Waals surface area contributed by atoms with E-state index < -0.39 is 17.8 Å². The molecule has 0 spiro atoms. The Hall–Kier alpha value is -4.39. The molecule has 0 aromatic heterocycles. The SMILES string of the molecule is CCCOc1ccc(N2C(=O)NC(=O)/C(=C/c3ccc(OCc4cccc(C)c4)cc3)C2=O)cc1. The van der Waals surface area contributed by atoms with E-state index in [4.69, 9.17) is 9.47 Å². The molecule has 1 aliphatic heterocycles. The lowest BCUT2D eigenvalue weighted by molar-refractivity contribution is -0.122. The van der Waals surface area contributed by atoms with Crippen molar-refractivity contribution in [3.8, 4) is 11.5 Å². The minimum absolute atomic E-state index is 0.135. The van der Waals surface area contributed by atoms with E-state index in [1.807, 2.05) is 32.0 Å². The van der Waals surface area contributed by atoms with Crippen LogP contribution in [0.15, 0.2) is 78.4 Å². The van der Waals surface area contributed by atoms with Crippen LogP contribution < -0.4 is 19.7 Å². The van der Waals surface area contributed by atoms with Gasteiger partial charge in [-0.05, 0) is 66.9 Å². The molecule has 4 amide bonds. The number of amides is 4. The normalized spacial score (nSPS) is 14.7. The number of anilines is 1. The molecule has 3 aromatic rings. The highest BCUT2D eigenvalue weighted by molar-refractivity contribution is 6.39. The average Bonchev–Trinajstić information content (AvgIpc) is 2.85. The molecule has 1 saturated heterocycles. The molecule has 0 aliphatic carbocycles. The summed E-state index contributed by atoms with van der Waals surface area (Å²) in [6.45, 7) is 5.03. The molecule has 7 nitrogen and oxygen atoms in total. The second kappa shape index (κ2) is 10.7. The minimum Gasteiger partial charge on any atom is -0.494 e. The number of ether oxygens (including phenoxy) is 2. The maximum absolute atomic E-state index is 13.1. The summed E-state index contributed by atoms with van der Waals surface area (Å²) < 4.78 is 11.4. The summed E-state index contributed by atoms with van der Waals surface area (Å²) >= 11 is 0. The highest BCUT2D eigenvalue weighted by Crippen LogP contribution is 2.25. The summed E-state index contributed by atoms with van der Waals surface area (Å²) in [5.74, 6) is -0.132. The second-order valence-electron chi connectivity index (χ2n) is 8.15. The van der Waals surface area contributed by atoms with Gasteiger partial charge in [-0.2, -0.15) is 0 Å². The highest BCUT2D eigenvalue weighted by Gasteiger charge is 2.36. The van der Waals surface area contributed by atoms with E-state index in [1.165, 1.54) is 6.08 Å². The molecule has 0 radical (unpaired) electrons. The van der Waals surface area contributed by atoms with Crippen LogP contribution in [0.3, 0.4) is 0 Å². The first-order valence-electron chi connectivity index (χ1n) is 11.4. The maximum Gasteiger partial charge on any atom is 0.335 e. The Morgan fingerprint density at radius 2 is 1.57 bits per heavy atom. The van der Waals surface area contributed by atoms with Crippen molar-refractivity contribution < 1.29 is 23.9 Å². The summed E-state index contributed by atoms with van der Waals surface area (Å²) in [5, 5.41) is 2.23. The highest BCUT2D eigenvalue weighted by atomic mass is 16.5. The number of hydrogen-bond acceptors (Lipinski definition) is 5.